The highest BCUT2D eigenvalue weighted by molar-refractivity contribution is 5.96. The first kappa shape index (κ1) is 18.4. The molecule has 7 nitrogen and oxygen atoms in total. The number of aromatic nitrogens is 3. The van der Waals surface area contributed by atoms with Crippen LogP contribution in [0.1, 0.15) is 23.2 Å². The van der Waals surface area contributed by atoms with Crippen molar-refractivity contribution in [3.63, 3.8) is 0 Å². The van der Waals surface area contributed by atoms with E-state index in [-0.39, 0.29) is 11.9 Å². The predicted octanol–water partition coefficient (Wildman–Crippen LogP) is 3.63. The number of nitrogens with zero attached hydrogens (tertiary/aromatic N) is 4. The molecular weight excluding hydrogens is 378 g/mol. The summed E-state index contributed by atoms with van der Waals surface area (Å²) in [5.41, 5.74) is 4.42. The standard InChI is InChI=1S/C23H23N5O2/c1-27-15-19(14-25-27)28-11-7-18(8-12-28)26-23(29)17-4-2-16(3-5-17)22-20-9-13-30-21(20)6-10-24-22/h2-6,9-10,13-15,18H,7-8,11-12H2,1H3,(H,26,29). The number of aryl methyl sites for hydroxylation is 1. The lowest BCUT2D eigenvalue weighted by molar-refractivity contribution is 0.0931. The minimum Gasteiger partial charge on any atom is -0.464 e. The van der Waals surface area contributed by atoms with Gasteiger partial charge in [0.1, 0.15) is 5.58 Å². The fourth-order valence-electron chi connectivity index (χ4n) is 4.03. The number of furan rings is 1. The van der Waals surface area contributed by atoms with E-state index in [4.69, 9.17) is 4.42 Å². The number of hydrogen-bond donors (Lipinski definition) is 1. The second-order valence-corrected chi connectivity index (χ2v) is 7.68. The Balaban J connectivity index is 1.22. The van der Waals surface area contributed by atoms with Gasteiger partial charge in [-0.25, -0.2) is 0 Å². The number of benzene rings is 1. The molecule has 0 radical (unpaired) electrons. The summed E-state index contributed by atoms with van der Waals surface area (Å²) in [4.78, 5) is 19.5. The Hall–Kier alpha value is -3.61. The molecule has 1 aromatic carbocycles. The van der Waals surface area contributed by atoms with Crippen molar-refractivity contribution in [3.8, 4) is 11.3 Å². The number of amides is 1. The minimum atomic E-state index is -0.0316. The van der Waals surface area contributed by atoms with Crippen LogP contribution >= 0.6 is 0 Å². The summed E-state index contributed by atoms with van der Waals surface area (Å²) in [7, 11) is 1.92. The molecule has 5 rings (SSSR count). The van der Waals surface area contributed by atoms with E-state index >= 15 is 0 Å². The zero-order valence-corrected chi connectivity index (χ0v) is 16.8. The molecule has 7 heteroatoms. The Morgan fingerprint density at radius 2 is 1.93 bits per heavy atom. The molecule has 1 N–H and O–H groups in total. The maximum Gasteiger partial charge on any atom is 0.251 e. The van der Waals surface area contributed by atoms with Crippen LogP contribution < -0.4 is 10.2 Å². The first-order chi connectivity index (χ1) is 14.7. The van der Waals surface area contributed by atoms with Crippen LogP contribution in [0.5, 0.6) is 0 Å². The Bertz CT molecular complexity index is 1170. The molecule has 0 saturated carbocycles. The number of nitrogens with one attached hydrogen (secondary N) is 1. The van der Waals surface area contributed by atoms with E-state index in [9.17, 15) is 4.79 Å². The highest BCUT2D eigenvalue weighted by Gasteiger charge is 2.22. The summed E-state index contributed by atoms with van der Waals surface area (Å²) in [6, 6.07) is 11.5. The largest absolute Gasteiger partial charge is 0.464 e. The highest BCUT2D eigenvalue weighted by atomic mass is 16.3. The Morgan fingerprint density at radius 3 is 2.67 bits per heavy atom. The zero-order valence-electron chi connectivity index (χ0n) is 16.8. The van der Waals surface area contributed by atoms with Crippen LogP contribution in [0.3, 0.4) is 0 Å². The van der Waals surface area contributed by atoms with Gasteiger partial charge in [-0.1, -0.05) is 12.1 Å². The molecule has 0 spiro atoms. The summed E-state index contributed by atoms with van der Waals surface area (Å²) in [6.07, 6.45) is 9.16. The van der Waals surface area contributed by atoms with Gasteiger partial charge in [0, 0.05) is 55.1 Å². The number of carbonyl (C=O) groups is 1. The lowest BCUT2D eigenvalue weighted by Crippen LogP contribution is -2.44. The van der Waals surface area contributed by atoms with Gasteiger partial charge in [-0.2, -0.15) is 5.10 Å². The number of anilines is 1. The molecule has 4 aromatic rings. The summed E-state index contributed by atoms with van der Waals surface area (Å²) in [5.74, 6) is -0.0316. The van der Waals surface area contributed by atoms with Gasteiger partial charge in [-0.05, 0) is 37.1 Å². The normalized spacial score (nSPS) is 14.9. The molecule has 1 aliphatic rings. The van der Waals surface area contributed by atoms with Crippen LogP contribution in [0.2, 0.25) is 0 Å². The Morgan fingerprint density at radius 1 is 1.13 bits per heavy atom. The van der Waals surface area contributed by atoms with Crippen LogP contribution in [-0.4, -0.2) is 39.8 Å². The van der Waals surface area contributed by atoms with Gasteiger partial charge in [0.15, 0.2) is 0 Å². The van der Waals surface area contributed by atoms with Gasteiger partial charge in [0.2, 0.25) is 0 Å². The third-order valence-electron chi connectivity index (χ3n) is 5.69. The first-order valence-corrected chi connectivity index (χ1v) is 10.1. The Labute approximate surface area is 174 Å². The molecule has 30 heavy (non-hydrogen) atoms. The number of piperidine rings is 1. The molecule has 1 saturated heterocycles. The van der Waals surface area contributed by atoms with Gasteiger partial charge in [-0.3, -0.25) is 14.5 Å². The molecule has 0 bridgehead atoms. The summed E-state index contributed by atoms with van der Waals surface area (Å²) in [5, 5.41) is 8.38. The topological polar surface area (TPSA) is 76.2 Å². The van der Waals surface area contributed by atoms with Crippen molar-refractivity contribution in [3.05, 3.63) is 66.8 Å². The summed E-state index contributed by atoms with van der Waals surface area (Å²) < 4.78 is 7.27. The van der Waals surface area contributed by atoms with E-state index in [1.807, 2.05) is 60.5 Å². The van der Waals surface area contributed by atoms with Crippen molar-refractivity contribution in [1.82, 2.24) is 20.1 Å². The van der Waals surface area contributed by atoms with Crippen molar-refractivity contribution >= 4 is 22.6 Å². The van der Waals surface area contributed by atoms with E-state index in [1.165, 1.54) is 0 Å². The molecule has 1 amide bonds. The van der Waals surface area contributed by atoms with Crippen molar-refractivity contribution in [2.45, 2.75) is 18.9 Å². The number of carbonyl (C=O) groups excluding carboxylic acids is 1. The maximum absolute atomic E-state index is 12.7. The summed E-state index contributed by atoms with van der Waals surface area (Å²) >= 11 is 0. The first-order valence-electron chi connectivity index (χ1n) is 10.1. The van der Waals surface area contributed by atoms with Crippen molar-refractivity contribution in [2.75, 3.05) is 18.0 Å². The lowest BCUT2D eigenvalue weighted by Gasteiger charge is -2.33. The molecule has 152 valence electrons. The average molecular weight is 401 g/mol. The molecule has 0 atom stereocenters. The monoisotopic (exact) mass is 401 g/mol. The van der Waals surface area contributed by atoms with E-state index in [0.717, 1.165) is 53.8 Å². The molecular formula is C23H23N5O2. The molecule has 3 aromatic heterocycles. The minimum absolute atomic E-state index is 0.0316. The van der Waals surface area contributed by atoms with E-state index < -0.39 is 0 Å². The fourth-order valence-corrected chi connectivity index (χ4v) is 4.03. The molecule has 1 aliphatic heterocycles. The average Bonchev–Trinajstić information content (AvgIpc) is 3.43. The number of hydrogen-bond acceptors (Lipinski definition) is 5. The SMILES string of the molecule is Cn1cc(N2CCC(NC(=O)c3ccc(-c4nccc5occc45)cc3)CC2)cn1. The van der Waals surface area contributed by atoms with Crippen LogP contribution in [0.4, 0.5) is 5.69 Å². The van der Waals surface area contributed by atoms with Gasteiger partial charge in [0.05, 0.1) is 23.8 Å². The number of pyridine rings is 1. The van der Waals surface area contributed by atoms with Gasteiger partial charge in [-0.15, -0.1) is 0 Å². The van der Waals surface area contributed by atoms with Crippen LogP contribution in [0.25, 0.3) is 22.2 Å². The lowest BCUT2D eigenvalue weighted by atomic mass is 10.0. The summed E-state index contributed by atoms with van der Waals surface area (Å²) in [6.45, 7) is 1.83. The predicted molar refractivity (Wildman–Crippen MR) is 115 cm³/mol. The van der Waals surface area contributed by atoms with Crippen molar-refractivity contribution < 1.29 is 9.21 Å². The fraction of sp³-hybridized carbons (Fsp3) is 0.261. The second-order valence-electron chi connectivity index (χ2n) is 7.68. The van der Waals surface area contributed by atoms with E-state index in [1.54, 1.807) is 12.5 Å². The van der Waals surface area contributed by atoms with E-state index in [2.05, 4.69) is 20.3 Å². The Kier molecular flexibility index (Phi) is 4.71. The molecule has 0 aliphatic carbocycles. The van der Waals surface area contributed by atoms with Gasteiger partial charge < -0.3 is 14.6 Å². The quantitative estimate of drug-likeness (QED) is 0.565. The third-order valence-corrected chi connectivity index (χ3v) is 5.69. The molecule has 4 heterocycles. The zero-order chi connectivity index (χ0) is 20.5. The van der Waals surface area contributed by atoms with Crippen molar-refractivity contribution in [1.29, 1.82) is 0 Å². The van der Waals surface area contributed by atoms with Gasteiger partial charge >= 0.3 is 0 Å². The molecule has 1 fully saturated rings. The van der Waals surface area contributed by atoms with Crippen LogP contribution in [-0.2, 0) is 7.05 Å². The van der Waals surface area contributed by atoms with Crippen LogP contribution in [0.15, 0.2) is 65.7 Å². The molecule has 0 unspecified atom stereocenters. The highest BCUT2D eigenvalue weighted by Crippen LogP contribution is 2.27. The smallest absolute Gasteiger partial charge is 0.251 e. The maximum atomic E-state index is 12.7. The number of fused-ring (bicyclic) bond motifs is 1. The number of rotatable bonds is 4. The van der Waals surface area contributed by atoms with Gasteiger partial charge in [0.25, 0.3) is 5.91 Å². The third kappa shape index (κ3) is 3.54. The second kappa shape index (κ2) is 7.67. The van der Waals surface area contributed by atoms with Crippen molar-refractivity contribution in [2.24, 2.45) is 7.05 Å². The van der Waals surface area contributed by atoms with E-state index in [0.29, 0.717) is 5.56 Å². The van der Waals surface area contributed by atoms with Crippen LogP contribution in [0, 0.1) is 0 Å².